The SMILES string of the molecule is O=C(Nc1cc(Cl)ccc1O)c1n[nH]c([N+](=O)[O-])c1Cl. The quantitative estimate of drug-likeness (QED) is 0.456. The highest BCUT2D eigenvalue weighted by molar-refractivity contribution is 6.36. The van der Waals surface area contributed by atoms with E-state index in [1.807, 2.05) is 5.10 Å². The number of nitrogens with one attached hydrogen (secondary N) is 2. The number of carbonyl (C=O) groups excluding carboxylic acids is 1. The Bertz CT molecular complexity index is 701. The Labute approximate surface area is 121 Å². The molecule has 0 aliphatic carbocycles. The standard InChI is InChI=1S/C10H6Cl2N4O4/c11-4-1-2-6(17)5(3-4)13-10(18)8-7(12)9(15-14-8)16(19)20/h1-3,17H,(H,13,18)(H,14,15). The molecule has 1 aromatic carbocycles. The van der Waals surface area contributed by atoms with Gasteiger partial charge in [-0.15, -0.1) is 5.10 Å². The van der Waals surface area contributed by atoms with Crippen LogP contribution in [0.4, 0.5) is 11.5 Å². The van der Waals surface area contributed by atoms with Gasteiger partial charge in [-0.25, -0.2) is 0 Å². The van der Waals surface area contributed by atoms with Crippen molar-refractivity contribution in [3.8, 4) is 5.75 Å². The van der Waals surface area contributed by atoms with Gasteiger partial charge < -0.3 is 20.5 Å². The molecule has 0 bridgehead atoms. The molecule has 1 amide bonds. The van der Waals surface area contributed by atoms with Crippen molar-refractivity contribution in [3.63, 3.8) is 0 Å². The number of halogens is 2. The van der Waals surface area contributed by atoms with E-state index in [-0.39, 0.29) is 22.2 Å². The number of carbonyl (C=O) groups is 1. The third-order valence-corrected chi connectivity index (χ3v) is 2.89. The van der Waals surface area contributed by atoms with Gasteiger partial charge in [0.25, 0.3) is 5.91 Å². The molecule has 2 aromatic rings. The van der Waals surface area contributed by atoms with Crippen LogP contribution in [0.1, 0.15) is 10.5 Å². The van der Waals surface area contributed by atoms with Crippen LogP contribution < -0.4 is 5.32 Å². The van der Waals surface area contributed by atoms with Gasteiger partial charge in [0.1, 0.15) is 5.75 Å². The summed E-state index contributed by atoms with van der Waals surface area (Å²) >= 11 is 11.4. The van der Waals surface area contributed by atoms with Gasteiger partial charge >= 0.3 is 5.82 Å². The summed E-state index contributed by atoms with van der Waals surface area (Å²) in [5, 5.41) is 27.8. The van der Waals surface area contributed by atoms with Crippen LogP contribution in [0.25, 0.3) is 0 Å². The molecule has 0 spiro atoms. The molecule has 1 heterocycles. The highest BCUT2D eigenvalue weighted by Gasteiger charge is 2.25. The van der Waals surface area contributed by atoms with Gasteiger partial charge in [0.15, 0.2) is 10.7 Å². The molecule has 0 fully saturated rings. The van der Waals surface area contributed by atoms with Crippen LogP contribution >= 0.6 is 23.2 Å². The molecule has 8 nitrogen and oxygen atoms in total. The second-order valence-electron chi connectivity index (χ2n) is 3.61. The van der Waals surface area contributed by atoms with Gasteiger partial charge in [0.2, 0.25) is 0 Å². The molecule has 20 heavy (non-hydrogen) atoms. The average molecular weight is 317 g/mol. The Kier molecular flexibility index (Phi) is 3.77. The molecule has 0 saturated heterocycles. The van der Waals surface area contributed by atoms with Gasteiger partial charge in [-0.3, -0.25) is 4.79 Å². The molecule has 1 aromatic heterocycles. The summed E-state index contributed by atoms with van der Waals surface area (Å²) in [4.78, 5) is 21.7. The van der Waals surface area contributed by atoms with E-state index in [9.17, 15) is 20.0 Å². The second-order valence-corrected chi connectivity index (χ2v) is 4.42. The lowest BCUT2D eigenvalue weighted by atomic mass is 10.3. The zero-order chi connectivity index (χ0) is 14.9. The van der Waals surface area contributed by atoms with Gasteiger partial charge in [0.05, 0.1) is 5.69 Å². The Morgan fingerprint density at radius 3 is 2.75 bits per heavy atom. The zero-order valence-corrected chi connectivity index (χ0v) is 11.1. The lowest BCUT2D eigenvalue weighted by molar-refractivity contribution is -0.389. The number of nitro groups is 1. The summed E-state index contributed by atoms with van der Waals surface area (Å²) in [6.07, 6.45) is 0. The topological polar surface area (TPSA) is 121 Å². The number of phenolic OH excluding ortho intramolecular Hbond substituents is 1. The molecule has 0 aliphatic rings. The van der Waals surface area contributed by atoms with Gasteiger partial charge in [-0.2, -0.15) is 0 Å². The van der Waals surface area contributed by atoms with Crippen LogP contribution in [0.3, 0.4) is 0 Å². The number of benzene rings is 1. The first-order chi connectivity index (χ1) is 9.40. The number of phenols is 1. The smallest absolute Gasteiger partial charge is 0.362 e. The molecule has 0 radical (unpaired) electrons. The predicted octanol–water partition coefficient (Wildman–Crippen LogP) is 2.58. The fourth-order valence-corrected chi connectivity index (χ4v) is 1.79. The lowest BCUT2D eigenvalue weighted by Gasteiger charge is -2.05. The van der Waals surface area contributed by atoms with Crippen LogP contribution in [0.2, 0.25) is 10.0 Å². The van der Waals surface area contributed by atoms with E-state index in [1.165, 1.54) is 18.2 Å². The Balaban J connectivity index is 2.29. The minimum Gasteiger partial charge on any atom is -0.506 e. The third kappa shape index (κ3) is 2.65. The average Bonchev–Trinajstić information content (AvgIpc) is 2.76. The van der Waals surface area contributed by atoms with Crippen LogP contribution in [-0.4, -0.2) is 26.1 Å². The molecule has 0 atom stereocenters. The first-order valence-corrected chi connectivity index (χ1v) is 5.84. The van der Waals surface area contributed by atoms with E-state index < -0.39 is 21.7 Å². The van der Waals surface area contributed by atoms with Crippen LogP contribution in [0, 0.1) is 10.1 Å². The third-order valence-electron chi connectivity index (χ3n) is 2.29. The van der Waals surface area contributed by atoms with Crippen molar-refractivity contribution in [2.45, 2.75) is 0 Å². The monoisotopic (exact) mass is 316 g/mol. The number of anilines is 1. The highest BCUT2D eigenvalue weighted by Crippen LogP contribution is 2.29. The second kappa shape index (κ2) is 5.35. The number of hydrogen-bond donors (Lipinski definition) is 3. The number of hydrogen-bond acceptors (Lipinski definition) is 5. The van der Waals surface area contributed by atoms with Crippen molar-refractivity contribution in [1.82, 2.24) is 10.2 Å². The van der Waals surface area contributed by atoms with Crippen LogP contribution in [0.5, 0.6) is 5.75 Å². The molecule has 10 heteroatoms. The Hall–Kier alpha value is -2.32. The Morgan fingerprint density at radius 2 is 2.15 bits per heavy atom. The minimum absolute atomic E-state index is 0.0317. The number of H-pyrrole nitrogens is 1. The normalized spacial score (nSPS) is 10.3. The van der Waals surface area contributed by atoms with Crippen LogP contribution in [-0.2, 0) is 0 Å². The van der Waals surface area contributed by atoms with Crippen molar-refractivity contribution in [2.75, 3.05) is 5.32 Å². The fourth-order valence-electron chi connectivity index (χ4n) is 1.38. The molecule has 104 valence electrons. The fraction of sp³-hybridized carbons (Fsp3) is 0. The summed E-state index contributed by atoms with van der Waals surface area (Å²) < 4.78 is 0. The first-order valence-electron chi connectivity index (χ1n) is 5.08. The molecular weight excluding hydrogens is 311 g/mol. The van der Waals surface area contributed by atoms with Crippen molar-refractivity contribution in [1.29, 1.82) is 0 Å². The van der Waals surface area contributed by atoms with E-state index in [0.717, 1.165) is 0 Å². The maximum absolute atomic E-state index is 11.9. The molecule has 3 N–H and O–H groups in total. The summed E-state index contributed by atoms with van der Waals surface area (Å²) in [6, 6.07) is 4.02. The lowest BCUT2D eigenvalue weighted by Crippen LogP contribution is -2.13. The minimum atomic E-state index is -0.822. The van der Waals surface area contributed by atoms with Gasteiger partial charge in [-0.1, -0.05) is 28.3 Å². The maximum atomic E-state index is 11.9. The molecule has 0 aliphatic heterocycles. The highest BCUT2D eigenvalue weighted by atomic mass is 35.5. The van der Waals surface area contributed by atoms with Crippen molar-refractivity contribution < 1.29 is 14.8 Å². The molecule has 2 rings (SSSR count). The Morgan fingerprint density at radius 1 is 1.45 bits per heavy atom. The first kappa shape index (κ1) is 14.1. The van der Waals surface area contributed by atoms with Crippen molar-refractivity contribution in [2.24, 2.45) is 0 Å². The van der Waals surface area contributed by atoms with E-state index in [2.05, 4.69) is 10.4 Å². The van der Waals surface area contributed by atoms with E-state index >= 15 is 0 Å². The van der Waals surface area contributed by atoms with Gasteiger partial charge in [0, 0.05) is 5.02 Å². The number of aromatic hydroxyl groups is 1. The summed E-state index contributed by atoms with van der Waals surface area (Å²) in [5.74, 6) is -1.63. The van der Waals surface area contributed by atoms with Crippen LogP contribution in [0.15, 0.2) is 18.2 Å². The van der Waals surface area contributed by atoms with Gasteiger partial charge in [-0.05, 0) is 23.1 Å². The zero-order valence-electron chi connectivity index (χ0n) is 9.55. The molecular formula is C10H6Cl2N4O4. The number of aromatic nitrogens is 2. The summed E-state index contributed by atoms with van der Waals surface area (Å²) in [5.41, 5.74) is -0.332. The largest absolute Gasteiger partial charge is 0.506 e. The van der Waals surface area contributed by atoms with E-state index in [4.69, 9.17) is 23.2 Å². The summed E-state index contributed by atoms with van der Waals surface area (Å²) in [7, 11) is 0. The number of aromatic amines is 1. The predicted molar refractivity (Wildman–Crippen MR) is 71.3 cm³/mol. The number of rotatable bonds is 3. The van der Waals surface area contributed by atoms with E-state index in [0.29, 0.717) is 0 Å². The number of nitrogens with zero attached hydrogens (tertiary/aromatic N) is 2. The van der Waals surface area contributed by atoms with E-state index in [1.54, 1.807) is 0 Å². The summed E-state index contributed by atoms with van der Waals surface area (Å²) in [6.45, 7) is 0. The molecule has 0 unspecified atom stereocenters. The maximum Gasteiger partial charge on any atom is 0.362 e. The number of amides is 1. The van der Waals surface area contributed by atoms with Crippen molar-refractivity contribution >= 4 is 40.6 Å². The van der Waals surface area contributed by atoms with Crippen molar-refractivity contribution in [3.05, 3.63) is 44.1 Å². The molecule has 0 saturated carbocycles.